The van der Waals surface area contributed by atoms with Gasteiger partial charge in [-0.25, -0.2) is 4.98 Å². The van der Waals surface area contributed by atoms with E-state index in [1.54, 1.807) is 6.33 Å². The number of aromatic nitrogens is 4. The molecule has 2 aromatic heterocycles. The van der Waals surface area contributed by atoms with Crippen molar-refractivity contribution in [1.82, 2.24) is 19.7 Å². The molecule has 0 radical (unpaired) electrons. The molecule has 1 saturated carbocycles. The first-order valence-electron chi connectivity index (χ1n) is 10.2. The van der Waals surface area contributed by atoms with Crippen LogP contribution >= 0.6 is 0 Å². The molecular weight excluding hydrogens is 374 g/mol. The van der Waals surface area contributed by atoms with Gasteiger partial charge in [0.15, 0.2) is 12.4 Å². The first-order valence-corrected chi connectivity index (χ1v) is 10.2. The second-order valence-electron chi connectivity index (χ2n) is 8.07. The number of benzene rings is 2. The standard InChI is InChI=1S/C24H21N5O/c25-24(11-4-12-24)18-9-7-17(8-10-18)22-19(16-5-2-1-3-6-16)13-20-23(27-22)30-14-21-28-26-15-29(20)21/h1-3,5-10,13,15H,4,11-12,14,25H2. The number of hydrogen-bond donors (Lipinski definition) is 1. The first kappa shape index (κ1) is 17.4. The summed E-state index contributed by atoms with van der Waals surface area (Å²) < 4.78 is 7.86. The second kappa shape index (κ2) is 6.50. The van der Waals surface area contributed by atoms with E-state index in [1.807, 2.05) is 22.8 Å². The molecule has 148 valence electrons. The third-order valence-corrected chi connectivity index (χ3v) is 6.25. The Hall–Kier alpha value is -3.51. The number of hydrogen-bond acceptors (Lipinski definition) is 5. The molecular formula is C24H21N5O. The van der Waals surface area contributed by atoms with E-state index in [-0.39, 0.29) is 5.54 Å². The number of nitrogens with zero attached hydrogens (tertiary/aromatic N) is 4. The van der Waals surface area contributed by atoms with Gasteiger partial charge in [-0.1, -0.05) is 54.6 Å². The number of rotatable bonds is 3. The zero-order valence-corrected chi connectivity index (χ0v) is 16.5. The fraction of sp³-hybridized carbons (Fsp3) is 0.208. The van der Waals surface area contributed by atoms with Gasteiger partial charge >= 0.3 is 0 Å². The highest BCUT2D eigenvalue weighted by molar-refractivity contribution is 5.83. The summed E-state index contributed by atoms with van der Waals surface area (Å²) in [6.07, 6.45) is 5.01. The number of pyridine rings is 1. The maximum atomic E-state index is 6.51. The first-order chi connectivity index (χ1) is 14.7. The summed E-state index contributed by atoms with van der Waals surface area (Å²) in [6.45, 7) is 0.360. The minimum absolute atomic E-state index is 0.169. The molecule has 1 aliphatic heterocycles. The Labute approximate surface area is 174 Å². The SMILES string of the molecule is NC1(c2ccc(-c3nc4c(cc3-c3ccccc3)-n3cnnc3CO4)cc2)CCC1. The lowest BCUT2D eigenvalue weighted by Crippen LogP contribution is -2.43. The fourth-order valence-electron chi connectivity index (χ4n) is 4.32. The zero-order valence-electron chi connectivity index (χ0n) is 16.5. The Bertz CT molecular complexity index is 1230. The van der Waals surface area contributed by atoms with E-state index in [4.69, 9.17) is 15.5 Å². The summed E-state index contributed by atoms with van der Waals surface area (Å²) in [7, 11) is 0. The summed E-state index contributed by atoms with van der Waals surface area (Å²) in [6, 6.07) is 20.9. The predicted octanol–water partition coefficient (Wildman–Crippen LogP) is 4.23. The highest BCUT2D eigenvalue weighted by atomic mass is 16.5. The number of ether oxygens (including phenoxy) is 1. The van der Waals surface area contributed by atoms with E-state index in [0.29, 0.717) is 12.5 Å². The Morgan fingerprint density at radius 1 is 0.967 bits per heavy atom. The quantitative estimate of drug-likeness (QED) is 0.562. The van der Waals surface area contributed by atoms with Crippen molar-refractivity contribution in [3.8, 4) is 34.0 Å². The van der Waals surface area contributed by atoms with Crippen molar-refractivity contribution in [2.45, 2.75) is 31.4 Å². The smallest absolute Gasteiger partial charge is 0.239 e. The lowest BCUT2D eigenvalue weighted by molar-refractivity contribution is 0.253. The van der Waals surface area contributed by atoms with E-state index < -0.39 is 0 Å². The van der Waals surface area contributed by atoms with Crippen molar-refractivity contribution in [3.05, 3.63) is 78.4 Å². The molecule has 4 aromatic rings. The number of nitrogens with two attached hydrogens (primary N) is 1. The summed E-state index contributed by atoms with van der Waals surface area (Å²) in [5.41, 5.74) is 12.5. The van der Waals surface area contributed by atoms with Crippen molar-refractivity contribution < 1.29 is 4.74 Å². The summed E-state index contributed by atoms with van der Waals surface area (Å²) in [5, 5.41) is 8.16. The lowest BCUT2D eigenvalue weighted by atomic mass is 9.72. The molecule has 3 heterocycles. The molecule has 2 aromatic carbocycles. The third-order valence-electron chi connectivity index (χ3n) is 6.25. The molecule has 0 bridgehead atoms. The average molecular weight is 395 g/mol. The third kappa shape index (κ3) is 2.64. The molecule has 0 atom stereocenters. The summed E-state index contributed by atoms with van der Waals surface area (Å²) >= 11 is 0. The van der Waals surface area contributed by atoms with Gasteiger partial charge < -0.3 is 10.5 Å². The Kier molecular flexibility index (Phi) is 3.76. The van der Waals surface area contributed by atoms with Gasteiger partial charge in [0.2, 0.25) is 5.88 Å². The van der Waals surface area contributed by atoms with Crippen LogP contribution in [0.15, 0.2) is 67.0 Å². The van der Waals surface area contributed by atoms with Gasteiger partial charge in [0.1, 0.15) is 12.0 Å². The molecule has 0 saturated heterocycles. The summed E-state index contributed by atoms with van der Waals surface area (Å²) in [4.78, 5) is 4.93. The van der Waals surface area contributed by atoms with Crippen LogP contribution in [0.4, 0.5) is 0 Å². The molecule has 6 rings (SSSR count). The van der Waals surface area contributed by atoms with Gasteiger partial charge in [-0.3, -0.25) is 4.57 Å². The molecule has 1 aliphatic carbocycles. The van der Waals surface area contributed by atoms with Crippen LogP contribution in [0.25, 0.3) is 28.1 Å². The zero-order chi connectivity index (χ0) is 20.1. The van der Waals surface area contributed by atoms with E-state index in [0.717, 1.165) is 46.7 Å². The highest BCUT2D eigenvalue weighted by Crippen LogP contribution is 2.41. The van der Waals surface area contributed by atoms with Gasteiger partial charge in [-0.05, 0) is 36.5 Å². The molecule has 0 spiro atoms. The highest BCUT2D eigenvalue weighted by Gasteiger charge is 2.34. The van der Waals surface area contributed by atoms with Gasteiger partial charge in [0, 0.05) is 16.7 Å². The van der Waals surface area contributed by atoms with Crippen molar-refractivity contribution in [2.75, 3.05) is 0 Å². The monoisotopic (exact) mass is 395 g/mol. The lowest BCUT2D eigenvalue weighted by Gasteiger charge is -2.38. The van der Waals surface area contributed by atoms with Crippen molar-refractivity contribution in [2.24, 2.45) is 5.73 Å². The molecule has 0 amide bonds. The Balaban J connectivity index is 1.52. The van der Waals surface area contributed by atoms with Gasteiger partial charge in [0.25, 0.3) is 0 Å². The molecule has 30 heavy (non-hydrogen) atoms. The Morgan fingerprint density at radius 2 is 1.77 bits per heavy atom. The molecule has 1 fully saturated rings. The topological polar surface area (TPSA) is 78.9 Å². The molecule has 0 unspecified atom stereocenters. The number of fused-ring (bicyclic) bond motifs is 3. The average Bonchev–Trinajstić information content (AvgIpc) is 3.27. The predicted molar refractivity (Wildman–Crippen MR) is 114 cm³/mol. The minimum Gasteiger partial charge on any atom is -0.468 e. The minimum atomic E-state index is -0.169. The van der Waals surface area contributed by atoms with Crippen molar-refractivity contribution in [1.29, 1.82) is 0 Å². The van der Waals surface area contributed by atoms with Crippen molar-refractivity contribution >= 4 is 0 Å². The van der Waals surface area contributed by atoms with Crippen LogP contribution in [0, 0.1) is 0 Å². The normalized spacial score (nSPS) is 16.2. The van der Waals surface area contributed by atoms with E-state index in [2.05, 4.69) is 52.7 Å². The van der Waals surface area contributed by atoms with Gasteiger partial charge in [-0.2, -0.15) is 0 Å². The molecule has 6 nitrogen and oxygen atoms in total. The largest absolute Gasteiger partial charge is 0.468 e. The maximum absolute atomic E-state index is 6.51. The second-order valence-corrected chi connectivity index (χ2v) is 8.07. The van der Waals surface area contributed by atoms with Crippen LogP contribution in [-0.2, 0) is 12.1 Å². The van der Waals surface area contributed by atoms with Crippen LogP contribution in [0.2, 0.25) is 0 Å². The van der Waals surface area contributed by atoms with Gasteiger partial charge in [-0.15, -0.1) is 10.2 Å². The fourth-order valence-corrected chi connectivity index (χ4v) is 4.32. The van der Waals surface area contributed by atoms with Crippen LogP contribution in [0.1, 0.15) is 30.7 Å². The van der Waals surface area contributed by atoms with Crippen LogP contribution in [0.5, 0.6) is 5.88 Å². The van der Waals surface area contributed by atoms with E-state index in [1.165, 1.54) is 12.0 Å². The van der Waals surface area contributed by atoms with Crippen LogP contribution < -0.4 is 10.5 Å². The Morgan fingerprint density at radius 3 is 2.50 bits per heavy atom. The summed E-state index contributed by atoms with van der Waals surface area (Å²) in [5.74, 6) is 1.37. The molecule has 6 heteroatoms. The molecule has 2 N–H and O–H groups in total. The van der Waals surface area contributed by atoms with E-state index in [9.17, 15) is 0 Å². The van der Waals surface area contributed by atoms with Crippen LogP contribution in [-0.4, -0.2) is 19.7 Å². The van der Waals surface area contributed by atoms with Gasteiger partial charge in [0.05, 0.1) is 5.69 Å². The molecule has 2 aliphatic rings. The van der Waals surface area contributed by atoms with Crippen molar-refractivity contribution in [3.63, 3.8) is 0 Å². The van der Waals surface area contributed by atoms with E-state index >= 15 is 0 Å². The van der Waals surface area contributed by atoms with Crippen LogP contribution in [0.3, 0.4) is 0 Å². The maximum Gasteiger partial charge on any atom is 0.239 e.